The minimum absolute atomic E-state index is 0.0803. The molecule has 11 heavy (non-hydrogen) atoms. The van der Waals surface area contributed by atoms with Crippen molar-refractivity contribution >= 4 is 17.4 Å². The molecule has 0 aliphatic carbocycles. The molecule has 0 amide bonds. The lowest BCUT2D eigenvalue weighted by Crippen LogP contribution is -1.91. The smallest absolute Gasteiger partial charge is 0.157 e. The molecule has 0 aromatic rings. The molecule has 0 atom stereocenters. The highest BCUT2D eigenvalue weighted by Crippen LogP contribution is 2.04. The second-order valence-electron chi connectivity index (χ2n) is 2.30. The fourth-order valence-electron chi connectivity index (χ4n) is 0.636. The molecule has 0 aliphatic rings. The van der Waals surface area contributed by atoms with E-state index in [0.717, 1.165) is 12.8 Å². The quantitative estimate of drug-likeness (QED) is 0.460. The number of carbonyl (C=O) groups is 1. The van der Waals surface area contributed by atoms with Gasteiger partial charge < -0.3 is 0 Å². The van der Waals surface area contributed by atoms with E-state index < -0.39 is 0 Å². The molecule has 0 aromatic heterocycles. The Morgan fingerprint density at radius 2 is 2.27 bits per heavy atom. The van der Waals surface area contributed by atoms with E-state index >= 15 is 0 Å². The summed E-state index contributed by atoms with van der Waals surface area (Å²) in [5, 5.41) is 0.422. The van der Waals surface area contributed by atoms with Gasteiger partial charge in [-0.05, 0) is 12.5 Å². The number of hydrogen-bond donors (Lipinski definition) is 0. The zero-order chi connectivity index (χ0) is 8.69. The zero-order valence-electron chi connectivity index (χ0n) is 6.77. The molecule has 0 fully saturated rings. The molecule has 0 heterocycles. The molecule has 0 unspecified atom stereocenters. The number of ketones is 1. The Kier molecular flexibility index (Phi) is 5.86. The minimum Gasteiger partial charge on any atom is -0.295 e. The molecule has 0 radical (unpaired) electrons. The van der Waals surface area contributed by atoms with Crippen LogP contribution in [0.3, 0.4) is 0 Å². The average molecular weight is 173 g/mol. The van der Waals surface area contributed by atoms with Gasteiger partial charge in [0.2, 0.25) is 0 Å². The van der Waals surface area contributed by atoms with Crippen molar-refractivity contribution in [3.63, 3.8) is 0 Å². The van der Waals surface area contributed by atoms with Crippen LogP contribution in [0.1, 0.15) is 26.2 Å². The number of halogens is 1. The van der Waals surface area contributed by atoms with Gasteiger partial charge in [0.05, 0.1) is 0 Å². The lowest BCUT2D eigenvalue weighted by molar-refractivity contribution is -0.114. The minimum atomic E-state index is 0.0803. The van der Waals surface area contributed by atoms with Gasteiger partial charge in [-0.3, -0.25) is 4.79 Å². The fraction of sp³-hybridized carbons (Fsp3) is 0.444. The molecule has 0 bridgehead atoms. The third kappa shape index (κ3) is 5.86. The first kappa shape index (κ1) is 10.4. The third-order valence-electron chi connectivity index (χ3n) is 1.27. The van der Waals surface area contributed by atoms with Gasteiger partial charge in [-0.15, -0.1) is 0 Å². The standard InChI is InChI=1S/C9H13ClO/c1-3-5-6-9(11)7-8(10)4-2/h4,7H,2-3,5-6H2,1H3/b8-7+. The first-order valence-electron chi connectivity index (χ1n) is 3.73. The van der Waals surface area contributed by atoms with E-state index in [1.807, 2.05) is 6.92 Å². The van der Waals surface area contributed by atoms with E-state index in [0.29, 0.717) is 11.5 Å². The summed E-state index contributed by atoms with van der Waals surface area (Å²) >= 11 is 5.56. The predicted octanol–water partition coefficient (Wildman–Crippen LogP) is 3.05. The van der Waals surface area contributed by atoms with Gasteiger partial charge in [0, 0.05) is 11.5 Å². The lowest BCUT2D eigenvalue weighted by Gasteiger charge is -1.91. The second kappa shape index (κ2) is 6.17. The summed E-state index contributed by atoms with van der Waals surface area (Å²) in [6.45, 7) is 5.49. The number of allylic oxidation sites excluding steroid dienone is 3. The molecule has 0 spiro atoms. The number of carbonyl (C=O) groups excluding carboxylic acids is 1. The highest BCUT2D eigenvalue weighted by Gasteiger charge is 1.96. The van der Waals surface area contributed by atoms with Crippen LogP contribution in [-0.2, 0) is 4.79 Å². The predicted molar refractivity (Wildman–Crippen MR) is 48.7 cm³/mol. The van der Waals surface area contributed by atoms with Crippen molar-refractivity contribution in [2.24, 2.45) is 0 Å². The summed E-state index contributed by atoms with van der Waals surface area (Å²) in [6.07, 6.45) is 5.43. The molecule has 0 saturated carbocycles. The van der Waals surface area contributed by atoms with E-state index in [1.165, 1.54) is 12.2 Å². The van der Waals surface area contributed by atoms with Crippen LogP contribution in [-0.4, -0.2) is 5.78 Å². The van der Waals surface area contributed by atoms with Crippen molar-refractivity contribution in [3.05, 3.63) is 23.8 Å². The summed E-state index contributed by atoms with van der Waals surface area (Å²) < 4.78 is 0. The molecule has 0 N–H and O–H groups in total. The summed E-state index contributed by atoms with van der Waals surface area (Å²) in [6, 6.07) is 0. The third-order valence-corrected chi connectivity index (χ3v) is 1.53. The van der Waals surface area contributed by atoms with Crippen molar-refractivity contribution in [3.8, 4) is 0 Å². The van der Waals surface area contributed by atoms with Crippen molar-refractivity contribution in [1.82, 2.24) is 0 Å². The topological polar surface area (TPSA) is 17.1 Å². The Labute approximate surface area is 72.7 Å². The average Bonchev–Trinajstić information content (AvgIpc) is 2.00. The first-order valence-corrected chi connectivity index (χ1v) is 4.11. The van der Waals surface area contributed by atoms with Gasteiger partial charge in [0.15, 0.2) is 5.78 Å². The van der Waals surface area contributed by atoms with Gasteiger partial charge in [-0.2, -0.15) is 0 Å². The zero-order valence-corrected chi connectivity index (χ0v) is 7.53. The van der Waals surface area contributed by atoms with Gasteiger partial charge >= 0.3 is 0 Å². The molecule has 2 heteroatoms. The summed E-state index contributed by atoms with van der Waals surface area (Å²) in [5.41, 5.74) is 0. The normalized spacial score (nSPS) is 11.3. The molecule has 62 valence electrons. The van der Waals surface area contributed by atoms with Gasteiger partial charge in [-0.1, -0.05) is 37.6 Å². The van der Waals surface area contributed by atoms with Crippen LogP contribution in [0.15, 0.2) is 23.8 Å². The SMILES string of the molecule is C=C/C(Cl)=C\C(=O)CCCC. The number of unbranched alkanes of at least 4 members (excludes halogenated alkanes) is 1. The highest BCUT2D eigenvalue weighted by molar-refractivity contribution is 6.32. The van der Waals surface area contributed by atoms with Crippen molar-refractivity contribution in [2.45, 2.75) is 26.2 Å². The molecule has 0 aromatic carbocycles. The van der Waals surface area contributed by atoms with Crippen LogP contribution < -0.4 is 0 Å². The molecular formula is C9H13ClO. The summed E-state index contributed by atoms with van der Waals surface area (Å²) in [4.78, 5) is 11.0. The van der Waals surface area contributed by atoms with Crippen LogP contribution in [0.4, 0.5) is 0 Å². The van der Waals surface area contributed by atoms with Crippen LogP contribution in [0, 0.1) is 0 Å². The maximum Gasteiger partial charge on any atom is 0.157 e. The van der Waals surface area contributed by atoms with E-state index in [2.05, 4.69) is 6.58 Å². The molecule has 0 rings (SSSR count). The molecule has 1 nitrogen and oxygen atoms in total. The van der Waals surface area contributed by atoms with Crippen molar-refractivity contribution < 1.29 is 4.79 Å². The van der Waals surface area contributed by atoms with E-state index in [4.69, 9.17) is 11.6 Å². The summed E-state index contributed by atoms with van der Waals surface area (Å²) in [5.74, 6) is 0.0803. The Hall–Kier alpha value is -0.560. The van der Waals surface area contributed by atoms with Crippen molar-refractivity contribution in [1.29, 1.82) is 0 Å². The van der Waals surface area contributed by atoms with Gasteiger partial charge in [0.25, 0.3) is 0 Å². The number of hydrogen-bond acceptors (Lipinski definition) is 1. The second-order valence-corrected chi connectivity index (χ2v) is 2.74. The van der Waals surface area contributed by atoms with Crippen LogP contribution in [0.5, 0.6) is 0 Å². The van der Waals surface area contributed by atoms with E-state index in [1.54, 1.807) is 0 Å². The van der Waals surface area contributed by atoms with Gasteiger partial charge in [0.1, 0.15) is 0 Å². The Bertz CT molecular complexity index is 170. The maximum atomic E-state index is 11.0. The summed E-state index contributed by atoms with van der Waals surface area (Å²) in [7, 11) is 0. The molecule has 0 saturated heterocycles. The number of rotatable bonds is 5. The monoisotopic (exact) mass is 172 g/mol. The maximum absolute atomic E-state index is 11.0. The Balaban J connectivity index is 3.76. The fourth-order valence-corrected chi connectivity index (χ4v) is 0.758. The van der Waals surface area contributed by atoms with Crippen LogP contribution in [0.25, 0.3) is 0 Å². The van der Waals surface area contributed by atoms with Crippen LogP contribution >= 0.6 is 11.6 Å². The Morgan fingerprint density at radius 1 is 1.64 bits per heavy atom. The van der Waals surface area contributed by atoms with Crippen LogP contribution in [0.2, 0.25) is 0 Å². The molecular weight excluding hydrogens is 160 g/mol. The van der Waals surface area contributed by atoms with E-state index in [-0.39, 0.29) is 5.78 Å². The van der Waals surface area contributed by atoms with Gasteiger partial charge in [-0.25, -0.2) is 0 Å². The largest absolute Gasteiger partial charge is 0.295 e. The molecule has 0 aliphatic heterocycles. The van der Waals surface area contributed by atoms with E-state index in [9.17, 15) is 4.79 Å². The highest BCUT2D eigenvalue weighted by atomic mass is 35.5. The lowest BCUT2D eigenvalue weighted by atomic mass is 10.2. The first-order chi connectivity index (χ1) is 5.20. The van der Waals surface area contributed by atoms with Crippen molar-refractivity contribution in [2.75, 3.05) is 0 Å². The Morgan fingerprint density at radius 3 is 2.73 bits per heavy atom.